The molecule has 110 valence electrons. The summed E-state index contributed by atoms with van der Waals surface area (Å²) in [6.45, 7) is 11.3. The van der Waals surface area contributed by atoms with Gasteiger partial charge in [0.05, 0.1) is 12.3 Å². The van der Waals surface area contributed by atoms with Crippen molar-refractivity contribution >= 4 is 16.5 Å². The summed E-state index contributed by atoms with van der Waals surface area (Å²) in [5, 5.41) is 4.55. The zero-order valence-electron chi connectivity index (χ0n) is 13.0. The molecule has 0 aliphatic carbocycles. The number of hydrogen-bond acceptors (Lipinski definition) is 5. The maximum Gasteiger partial charge on any atom is 0.185 e. The Morgan fingerprint density at radius 2 is 2.00 bits per heavy atom. The van der Waals surface area contributed by atoms with Gasteiger partial charge in [0.15, 0.2) is 5.13 Å². The number of aromatic nitrogens is 1. The third kappa shape index (κ3) is 5.09. The third-order valence-electron chi connectivity index (χ3n) is 2.96. The number of nitrogens with one attached hydrogen (secondary N) is 1. The number of rotatable bonds is 8. The van der Waals surface area contributed by atoms with Crippen molar-refractivity contribution in [2.45, 2.75) is 46.9 Å². The summed E-state index contributed by atoms with van der Waals surface area (Å²) in [4.78, 5) is 8.18. The predicted octanol–water partition coefficient (Wildman–Crippen LogP) is 2.88. The van der Waals surface area contributed by atoms with Gasteiger partial charge in [-0.3, -0.25) is 0 Å². The molecule has 0 saturated heterocycles. The number of hydrogen-bond donors (Lipinski definition) is 1. The van der Waals surface area contributed by atoms with E-state index in [-0.39, 0.29) is 0 Å². The number of methoxy groups -OCH3 is 1. The molecule has 1 heterocycles. The van der Waals surface area contributed by atoms with E-state index in [0.29, 0.717) is 18.6 Å². The maximum absolute atomic E-state index is 5.25. The number of ether oxygens (including phenoxy) is 1. The lowest BCUT2D eigenvalue weighted by Crippen LogP contribution is -2.25. The fourth-order valence-corrected chi connectivity index (χ4v) is 2.73. The van der Waals surface area contributed by atoms with Gasteiger partial charge in [-0.05, 0) is 26.3 Å². The van der Waals surface area contributed by atoms with Gasteiger partial charge in [0.2, 0.25) is 0 Å². The van der Waals surface area contributed by atoms with Gasteiger partial charge in [0, 0.05) is 31.6 Å². The van der Waals surface area contributed by atoms with Crippen LogP contribution in [0.3, 0.4) is 0 Å². The van der Waals surface area contributed by atoms with Gasteiger partial charge < -0.3 is 15.0 Å². The normalized spacial score (nSPS) is 11.6. The molecule has 1 rings (SSSR count). The van der Waals surface area contributed by atoms with Crippen LogP contribution < -0.4 is 10.2 Å². The average Bonchev–Trinajstić information content (AvgIpc) is 2.71. The lowest BCUT2D eigenvalue weighted by atomic mass is 10.2. The Hall–Kier alpha value is -0.650. The first-order chi connectivity index (χ1) is 8.95. The zero-order valence-corrected chi connectivity index (χ0v) is 13.8. The van der Waals surface area contributed by atoms with Crippen LogP contribution in [0.2, 0.25) is 0 Å². The van der Waals surface area contributed by atoms with Gasteiger partial charge in [-0.1, -0.05) is 13.8 Å². The lowest BCUT2D eigenvalue weighted by molar-refractivity contribution is 0.181. The standard InChI is InChI=1S/C14H27N3OS/c1-10(2)7-15-8-13-12(9-18-6)16-14(19-13)17(5)11(3)4/h10-11,15H,7-9H2,1-6H3. The average molecular weight is 285 g/mol. The van der Waals surface area contributed by atoms with E-state index in [1.54, 1.807) is 18.4 Å². The van der Waals surface area contributed by atoms with Gasteiger partial charge in [-0.2, -0.15) is 0 Å². The number of thiazole rings is 1. The van der Waals surface area contributed by atoms with Crippen LogP contribution in [-0.4, -0.2) is 31.7 Å². The van der Waals surface area contributed by atoms with Crippen molar-refractivity contribution in [1.29, 1.82) is 0 Å². The summed E-state index contributed by atoms with van der Waals surface area (Å²) >= 11 is 1.76. The molecule has 19 heavy (non-hydrogen) atoms. The number of nitrogens with zero attached hydrogens (tertiary/aromatic N) is 2. The molecular formula is C14H27N3OS. The highest BCUT2D eigenvalue weighted by atomic mass is 32.1. The summed E-state index contributed by atoms with van der Waals surface area (Å²) in [5.41, 5.74) is 1.06. The molecule has 0 unspecified atom stereocenters. The van der Waals surface area contributed by atoms with E-state index in [4.69, 9.17) is 9.72 Å². The van der Waals surface area contributed by atoms with Crippen LogP contribution in [0.1, 0.15) is 38.3 Å². The van der Waals surface area contributed by atoms with Crippen LogP contribution in [0.4, 0.5) is 5.13 Å². The fourth-order valence-electron chi connectivity index (χ4n) is 1.60. The van der Waals surface area contributed by atoms with Crippen LogP contribution >= 0.6 is 11.3 Å². The number of anilines is 1. The van der Waals surface area contributed by atoms with Gasteiger partial charge in [-0.15, -0.1) is 11.3 Å². The fraction of sp³-hybridized carbons (Fsp3) is 0.786. The van der Waals surface area contributed by atoms with E-state index in [9.17, 15) is 0 Å². The van der Waals surface area contributed by atoms with Gasteiger partial charge in [0.25, 0.3) is 0 Å². The van der Waals surface area contributed by atoms with Crippen LogP contribution in [0.15, 0.2) is 0 Å². The smallest absolute Gasteiger partial charge is 0.185 e. The SMILES string of the molecule is COCc1nc(N(C)C(C)C)sc1CNCC(C)C. The Kier molecular flexibility index (Phi) is 6.75. The van der Waals surface area contributed by atoms with Crippen molar-refractivity contribution in [2.24, 2.45) is 5.92 Å². The van der Waals surface area contributed by atoms with Crippen molar-refractivity contribution < 1.29 is 4.74 Å². The van der Waals surface area contributed by atoms with Crippen molar-refractivity contribution in [2.75, 3.05) is 25.6 Å². The Morgan fingerprint density at radius 1 is 1.32 bits per heavy atom. The third-order valence-corrected chi connectivity index (χ3v) is 4.15. The van der Waals surface area contributed by atoms with E-state index in [1.807, 2.05) is 0 Å². The molecule has 0 aromatic carbocycles. The minimum atomic E-state index is 0.456. The van der Waals surface area contributed by atoms with Crippen LogP contribution in [0.5, 0.6) is 0 Å². The first kappa shape index (κ1) is 16.4. The van der Waals surface area contributed by atoms with Crippen LogP contribution in [0.25, 0.3) is 0 Å². The lowest BCUT2D eigenvalue weighted by Gasteiger charge is -2.19. The minimum Gasteiger partial charge on any atom is -0.378 e. The topological polar surface area (TPSA) is 37.4 Å². The molecule has 1 aromatic heterocycles. The molecule has 1 aromatic rings. The van der Waals surface area contributed by atoms with E-state index < -0.39 is 0 Å². The molecule has 0 amide bonds. The second kappa shape index (κ2) is 7.82. The molecule has 0 fully saturated rings. The first-order valence-electron chi connectivity index (χ1n) is 6.86. The van der Waals surface area contributed by atoms with E-state index >= 15 is 0 Å². The van der Waals surface area contributed by atoms with Crippen molar-refractivity contribution in [1.82, 2.24) is 10.3 Å². The monoisotopic (exact) mass is 285 g/mol. The van der Waals surface area contributed by atoms with Crippen molar-refractivity contribution in [3.05, 3.63) is 10.6 Å². The van der Waals surface area contributed by atoms with Crippen LogP contribution in [0, 0.1) is 5.92 Å². The van der Waals surface area contributed by atoms with E-state index in [0.717, 1.165) is 23.9 Å². The maximum atomic E-state index is 5.25. The Labute approximate surface area is 121 Å². The summed E-state index contributed by atoms with van der Waals surface area (Å²) in [5.74, 6) is 0.664. The minimum absolute atomic E-state index is 0.456. The summed E-state index contributed by atoms with van der Waals surface area (Å²) in [6.07, 6.45) is 0. The molecule has 0 saturated carbocycles. The molecule has 0 aliphatic rings. The Bertz CT molecular complexity index is 377. The molecule has 0 aliphatic heterocycles. The highest BCUT2D eigenvalue weighted by Crippen LogP contribution is 2.27. The van der Waals surface area contributed by atoms with E-state index in [1.165, 1.54) is 4.88 Å². The second-order valence-electron chi connectivity index (χ2n) is 5.53. The summed E-state index contributed by atoms with van der Waals surface area (Å²) in [6, 6.07) is 0.456. The summed E-state index contributed by atoms with van der Waals surface area (Å²) < 4.78 is 5.25. The van der Waals surface area contributed by atoms with Gasteiger partial charge >= 0.3 is 0 Å². The first-order valence-corrected chi connectivity index (χ1v) is 7.68. The van der Waals surface area contributed by atoms with E-state index in [2.05, 4.69) is 45.0 Å². The van der Waals surface area contributed by atoms with Crippen molar-refractivity contribution in [3.63, 3.8) is 0 Å². The van der Waals surface area contributed by atoms with Gasteiger partial charge in [0.1, 0.15) is 0 Å². The molecule has 0 radical (unpaired) electrons. The van der Waals surface area contributed by atoms with Crippen molar-refractivity contribution in [3.8, 4) is 0 Å². The van der Waals surface area contributed by atoms with Gasteiger partial charge in [-0.25, -0.2) is 4.98 Å². The molecule has 0 atom stereocenters. The van der Waals surface area contributed by atoms with Crippen LogP contribution in [-0.2, 0) is 17.9 Å². The predicted molar refractivity (Wildman–Crippen MR) is 82.9 cm³/mol. The summed E-state index contributed by atoms with van der Waals surface area (Å²) in [7, 11) is 3.81. The molecule has 0 spiro atoms. The molecule has 1 N–H and O–H groups in total. The largest absolute Gasteiger partial charge is 0.378 e. The molecule has 4 nitrogen and oxygen atoms in total. The Morgan fingerprint density at radius 3 is 2.53 bits per heavy atom. The highest BCUT2D eigenvalue weighted by Gasteiger charge is 2.15. The second-order valence-corrected chi connectivity index (χ2v) is 6.59. The molecule has 0 bridgehead atoms. The Balaban J connectivity index is 2.76. The quantitative estimate of drug-likeness (QED) is 0.797. The molecule has 5 heteroatoms. The highest BCUT2D eigenvalue weighted by molar-refractivity contribution is 7.15. The molecular weight excluding hydrogens is 258 g/mol. The zero-order chi connectivity index (χ0) is 14.4.